The molecular weight excluding hydrogens is 1410 g/mol. The Kier molecular flexibility index (Phi) is 27.7. The second-order valence-electron chi connectivity index (χ2n) is 26.9. The summed E-state index contributed by atoms with van der Waals surface area (Å²) in [7, 11) is 3.08. The molecule has 5 atom stereocenters. The van der Waals surface area contributed by atoms with E-state index in [0.29, 0.717) is 40.1 Å². The maximum atomic E-state index is 14.6. The summed E-state index contributed by atoms with van der Waals surface area (Å²) in [5, 5.41) is 38.4. The Morgan fingerprint density at radius 1 is 0.832 bits per heavy atom. The number of imide groups is 1. The van der Waals surface area contributed by atoms with Crippen LogP contribution < -0.4 is 52.6 Å². The van der Waals surface area contributed by atoms with E-state index in [0.717, 1.165) is 21.4 Å². The number of aliphatic hydroxyl groups is 1. The van der Waals surface area contributed by atoms with Crippen LogP contribution in [0.1, 0.15) is 88.1 Å². The standard InChI is InChI=1S/C72H91ClN16O18/c1-43(2)62(81-69(99)105-33-31-102-28-26-87-39-50(82-83-87)36-76-68(98)104-32-30-103-29-27-88-58(91)23-24-59(88)92)65(95)80-53(12-9-25-75-67(74)97)64(94)77-48-17-13-45(14-18-48)41-106-70(100)84(6)42-72(4,5)85(7)71(101)107-56-34-55-61(60-44(3)10-8-11-52(56)60)47(35-73)37-89(55)66(96)54-40-86-38-49(19-22-57(86)79-54)78-63(93)46-15-20-51(90)21-16-46/h8,10-11,13-15,17-22,34,38-40,43,46-47,53,57,62,79,90H,9,12,16,23-33,35-37,41-42H2,1-7H3,(H,76,98)(H,77,94)(H,78,93)(H,80,95)(H,81,99)(H3,74,75,97)/t46?,47-,53+,57?,62+/m1/s1. The van der Waals surface area contributed by atoms with Gasteiger partial charge >= 0.3 is 30.4 Å². The molecule has 574 valence electrons. The van der Waals surface area contributed by atoms with Gasteiger partial charge in [-0.15, -0.1) is 16.7 Å². The first kappa shape index (κ1) is 79.8. The number of amides is 12. The highest BCUT2D eigenvalue weighted by Gasteiger charge is 2.40. The number of nitrogens with zero attached hydrogens (tertiary/aromatic N) is 8. The molecule has 34 nitrogen and oxygen atoms in total. The van der Waals surface area contributed by atoms with E-state index in [1.807, 2.05) is 31.2 Å². The zero-order valence-electron chi connectivity index (χ0n) is 60.6. The lowest BCUT2D eigenvalue weighted by atomic mass is 9.92. The maximum absolute atomic E-state index is 14.6. The number of aryl methyl sites for hydroxylation is 1. The van der Waals surface area contributed by atoms with E-state index in [4.69, 9.17) is 45.8 Å². The van der Waals surface area contributed by atoms with Crippen LogP contribution in [-0.2, 0) is 72.1 Å². The van der Waals surface area contributed by atoms with Crippen molar-refractivity contribution < 1.29 is 86.3 Å². The fourth-order valence-electron chi connectivity index (χ4n) is 12.2. The number of ether oxygens (including phenoxy) is 6. The highest BCUT2D eigenvalue weighted by Crippen LogP contribution is 2.47. The van der Waals surface area contributed by atoms with E-state index in [1.165, 1.54) is 27.6 Å². The smallest absolute Gasteiger partial charge is 0.415 e. The van der Waals surface area contributed by atoms with Crippen LogP contribution in [-0.4, -0.2) is 215 Å². The fourth-order valence-corrected chi connectivity index (χ4v) is 12.5. The summed E-state index contributed by atoms with van der Waals surface area (Å²) in [6.45, 7) is 9.53. The molecule has 12 amide bonds. The first-order valence-corrected chi connectivity index (χ1v) is 35.5. The quantitative estimate of drug-likeness (QED) is 0.0125. The van der Waals surface area contributed by atoms with Gasteiger partial charge in [0, 0.05) is 87.9 Å². The van der Waals surface area contributed by atoms with Crippen LogP contribution in [0.3, 0.4) is 0 Å². The number of carbonyl (C=O) groups is 11. The molecule has 1 fully saturated rings. The Labute approximate surface area is 622 Å². The number of hydrogen-bond donors (Lipinski definition) is 9. The number of nitrogens with two attached hydrogens (primary N) is 1. The number of urea groups is 1. The minimum atomic E-state index is -1.16. The van der Waals surface area contributed by atoms with Gasteiger partial charge in [0.1, 0.15) is 61.0 Å². The number of halogens is 1. The number of hydrogen-bond acceptors (Lipinski definition) is 22. The van der Waals surface area contributed by atoms with Crippen molar-refractivity contribution in [3.05, 3.63) is 137 Å². The molecule has 1 aromatic heterocycles. The fraction of sp³-hybridized carbons (Fsp3) is 0.458. The van der Waals surface area contributed by atoms with Crippen molar-refractivity contribution in [2.75, 3.05) is 96.0 Å². The van der Waals surface area contributed by atoms with Crippen LogP contribution in [0.4, 0.5) is 35.3 Å². The lowest BCUT2D eigenvalue weighted by Crippen LogP contribution is -2.54. The minimum absolute atomic E-state index is 0.00348. The number of primary amides is 1. The molecule has 107 heavy (non-hydrogen) atoms. The third kappa shape index (κ3) is 21.7. The van der Waals surface area contributed by atoms with E-state index in [-0.39, 0.29) is 164 Å². The Morgan fingerprint density at radius 2 is 1.55 bits per heavy atom. The monoisotopic (exact) mass is 1500 g/mol. The summed E-state index contributed by atoms with van der Waals surface area (Å²) in [4.78, 5) is 150. The molecule has 0 saturated carbocycles. The SMILES string of the molecule is Cc1cccc2c(OC(=O)N(C)C(C)(C)CN(C)C(=O)OCc3ccc(NC(=O)[C@H](CCCNC(N)=O)NC(=O)[C@@H](NC(=O)OCCOCCn4cc(CNC(=O)OCCOCCN5C(=O)CCC5=O)nn4)C(C)C)cc3)cc3c(c12)[C@H](CCl)CN3C(=O)C1=CN2C=C(NC(=O)C3C=CC(O)=CC3)C=CC2N1. The van der Waals surface area contributed by atoms with Gasteiger partial charge in [-0.1, -0.05) is 55.5 Å². The van der Waals surface area contributed by atoms with E-state index in [2.05, 4.69) is 47.5 Å². The molecule has 1 saturated heterocycles. The number of likely N-dealkylation sites (tertiary alicyclic amines) is 1. The number of aromatic nitrogens is 3. The number of carbonyl (C=O) groups excluding carboxylic acids is 11. The van der Waals surface area contributed by atoms with Crippen LogP contribution in [0.2, 0.25) is 0 Å². The van der Waals surface area contributed by atoms with Gasteiger partial charge < -0.3 is 96.1 Å². The van der Waals surface area contributed by atoms with Crippen molar-refractivity contribution >= 4 is 99.6 Å². The van der Waals surface area contributed by atoms with E-state index in [1.54, 1.807) is 112 Å². The molecule has 2 unspecified atom stereocenters. The third-order valence-electron chi connectivity index (χ3n) is 18.2. The lowest BCUT2D eigenvalue weighted by Gasteiger charge is -2.37. The van der Waals surface area contributed by atoms with Gasteiger partial charge in [-0.2, -0.15) is 0 Å². The van der Waals surface area contributed by atoms with Gasteiger partial charge in [0.05, 0.1) is 75.1 Å². The molecule has 0 bridgehead atoms. The molecule has 5 aliphatic rings. The zero-order chi connectivity index (χ0) is 77.1. The molecule has 0 spiro atoms. The van der Waals surface area contributed by atoms with Crippen LogP contribution in [0.25, 0.3) is 10.8 Å². The van der Waals surface area contributed by atoms with Crippen molar-refractivity contribution in [3.8, 4) is 5.75 Å². The molecule has 1 aliphatic carbocycles. The molecule has 10 N–H and O–H groups in total. The van der Waals surface area contributed by atoms with Gasteiger partial charge in [0.15, 0.2) is 0 Å². The Hall–Kier alpha value is -11.3. The van der Waals surface area contributed by atoms with E-state index in [9.17, 15) is 57.8 Å². The Bertz CT molecular complexity index is 4120. The van der Waals surface area contributed by atoms with Crippen molar-refractivity contribution in [3.63, 3.8) is 0 Å². The van der Waals surface area contributed by atoms with E-state index < -0.39 is 77.8 Å². The van der Waals surface area contributed by atoms with Gasteiger partial charge in [-0.25, -0.2) is 28.7 Å². The number of nitrogens with one attached hydrogen (secondary N) is 7. The second-order valence-corrected chi connectivity index (χ2v) is 27.2. The molecule has 4 aromatic rings. The topological polar surface area (TPSA) is 421 Å². The molecule has 0 radical (unpaired) electrons. The molecule has 35 heteroatoms. The number of alkyl halides is 1. The van der Waals surface area contributed by atoms with Crippen molar-refractivity contribution in [1.29, 1.82) is 0 Å². The molecule has 4 aliphatic heterocycles. The van der Waals surface area contributed by atoms with Crippen molar-refractivity contribution in [1.82, 2.24) is 66.5 Å². The maximum Gasteiger partial charge on any atom is 0.415 e. The molecule has 5 heterocycles. The summed E-state index contributed by atoms with van der Waals surface area (Å²) in [6.07, 6.45) is 10.8. The first-order valence-electron chi connectivity index (χ1n) is 34.9. The van der Waals surface area contributed by atoms with Gasteiger partial charge in [-0.3, -0.25) is 33.7 Å². The summed E-state index contributed by atoms with van der Waals surface area (Å²) in [5.74, 6) is -3.06. The van der Waals surface area contributed by atoms with Crippen LogP contribution in [0, 0.1) is 18.8 Å². The van der Waals surface area contributed by atoms with Gasteiger partial charge in [0.2, 0.25) is 29.5 Å². The average Bonchev–Trinajstić information content (AvgIpc) is 1.62. The largest absolute Gasteiger partial charge is 0.508 e. The molecule has 3 aromatic carbocycles. The van der Waals surface area contributed by atoms with Crippen LogP contribution >= 0.6 is 11.6 Å². The number of likely N-dealkylation sites (N-methyl/N-ethyl adjacent to an activating group) is 2. The predicted molar refractivity (Wildman–Crippen MR) is 388 cm³/mol. The van der Waals surface area contributed by atoms with Crippen LogP contribution in [0.5, 0.6) is 5.75 Å². The summed E-state index contributed by atoms with van der Waals surface area (Å²) < 4.78 is 34.7. The number of rotatable bonds is 34. The first-order chi connectivity index (χ1) is 51.2. The third-order valence-corrected chi connectivity index (χ3v) is 18.5. The normalized spacial score (nSPS) is 17.0. The zero-order valence-corrected chi connectivity index (χ0v) is 61.3. The summed E-state index contributed by atoms with van der Waals surface area (Å²) >= 11 is 6.66. The number of aliphatic hydroxyl groups excluding tert-OH is 1. The number of anilines is 2. The van der Waals surface area contributed by atoms with Crippen molar-refractivity contribution in [2.24, 2.45) is 17.6 Å². The summed E-state index contributed by atoms with van der Waals surface area (Å²) in [5.41, 5.74) is 8.58. The number of fused-ring (bicyclic) bond motifs is 4. The van der Waals surface area contributed by atoms with Crippen molar-refractivity contribution in [2.45, 2.75) is 116 Å². The van der Waals surface area contributed by atoms with E-state index >= 15 is 0 Å². The summed E-state index contributed by atoms with van der Waals surface area (Å²) in [6, 6.07) is 10.6. The van der Waals surface area contributed by atoms with Crippen LogP contribution in [0.15, 0.2) is 115 Å². The predicted octanol–water partition coefficient (Wildman–Crippen LogP) is 5.24. The molecule has 9 rings (SSSR count). The highest BCUT2D eigenvalue weighted by molar-refractivity contribution is 6.19. The Balaban J connectivity index is 0.709. The number of alkyl carbamates (subject to hydrolysis) is 2. The van der Waals surface area contributed by atoms with Gasteiger partial charge in [0.25, 0.3) is 5.91 Å². The number of allylic oxidation sites excluding steroid dienone is 3. The molecular formula is C72H91ClN16O18. The second kappa shape index (κ2) is 37.1. The Morgan fingerprint density at radius 3 is 2.24 bits per heavy atom. The highest BCUT2D eigenvalue weighted by atomic mass is 35.5. The van der Waals surface area contributed by atoms with Gasteiger partial charge in [-0.05, 0) is 104 Å². The number of benzene rings is 3. The average molecular weight is 1500 g/mol. The minimum Gasteiger partial charge on any atom is -0.508 e. The lowest BCUT2D eigenvalue weighted by molar-refractivity contribution is -0.139.